The Morgan fingerprint density at radius 3 is 2.55 bits per heavy atom. The molecule has 3 N–H and O–H groups in total. The van der Waals surface area contributed by atoms with Crippen LogP contribution in [0, 0.1) is 19.8 Å². The second-order valence-corrected chi connectivity index (χ2v) is 5.71. The van der Waals surface area contributed by atoms with Gasteiger partial charge in [0, 0.05) is 12.1 Å². The molecule has 110 valence electrons. The maximum atomic E-state index is 11.3. The Kier molecular flexibility index (Phi) is 4.65. The van der Waals surface area contributed by atoms with Gasteiger partial charge in [-0.2, -0.15) is 0 Å². The van der Waals surface area contributed by atoms with Crippen molar-refractivity contribution in [3.05, 3.63) is 28.8 Å². The average Bonchev–Trinajstić information content (AvgIpc) is 2.33. The summed E-state index contributed by atoms with van der Waals surface area (Å²) in [5.74, 6) is -0.307. The number of hydrogen-bond donors (Lipinski definition) is 2. The molecule has 0 aromatic heterocycles. The molecule has 1 fully saturated rings. The Bertz CT molecular complexity index is 495. The lowest BCUT2D eigenvalue weighted by molar-refractivity contribution is -0.138. The molecule has 0 amide bonds. The zero-order chi connectivity index (χ0) is 14.7. The molecular formula is C16H23NO3. The zero-order valence-corrected chi connectivity index (χ0v) is 12.2. The molecule has 1 unspecified atom stereocenters. The van der Waals surface area contributed by atoms with Crippen molar-refractivity contribution in [3.8, 4) is 5.75 Å². The Morgan fingerprint density at radius 2 is 2.05 bits per heavy atom. The van der Waals surface area contributed by atoms with E-state index in [0.29, 0.717) is 23.8 Å². The van der Waals surface area contributed by atoms with Crippen molar-refractivity contribution in [1.29, 1.82) is 0 Å². The third-order valence-electron chi connectivity index (χ3n) is 4.23. The van der Waals surface area contributed by atoms with Crippen LogP contribution in [0.15, 0.2) is 12.1 Å². The summed E-state index contributed by atoms with van der Waals surface area (Å²) >= 11 is 0. The Morgan fingerprint density at radius 1 is 1.40 bits per heavy atom. The van der Waals surface area contributed by atoms with Gasteiger partial charge in [-0.15, -0.1) is 0 Å². The number of rotatable bonds is 6. The van der Waals surface area contributed by atoms with Crippen molar-refractivity contribution in [2.45, 2.75) is 39.0 Å². The summed E-state index contributed by atoms with van der Waals surface area (Å²) in [5.41, 5.74) is 8.49. The highest BCUT2D eigenvalue weighted by Gasteiger charge is 2.24. The number of hydrogen-bond acceptors (Lipinski definition) is 3. The molecule has 0 radical (unpaired) electrons. The van der Waals surface area contributed by atoms with E-state index in [1.165, 1.54) is 19.3 Å². The summed E-state index contributed by atoms with van der Waals surface area (Å²) < 4.78 is 5.89. The lowest BCUT2D eigenvalue weighted by atomic mass is 9.86. The van der Waals surface area contributed by atoms with Gasteiger partial charge in [0.2, 0.25) is 0 Å². The molecule has 1 atom stereocenters. The van der Waals surface area contributed by atoms with Crippen molar-refractivity contribution in [2.75, 3.05) is 13.2 Å². The Hall–Kier alpha value is -1.55. The average molecular weight is 277 g/mol. The van der Waals surface area contributed by atoms with Gasteiger partial charge in [-0.25, -0.2) is 0 Å². The summed E-state index contributed by atoms with van der Waals surface area (Å²) in [6.45, 7) is 4.74. The van der Waals surface area contributed by atoms with Gasteiger partial charge in [0.1, 0.15) is 5.75 Å². The van der Waals surface area contributed by atoms with Crippen molar-refractivity contribution in [2.24, 2.45) is 11.7 Å². The van der Waals surface area contributed by atoms with Gasteiger partial charge in [-0.3, -0.25) is 4.79 Å². The Balaban J connectivity index is 2.26. The first kappa shape index (κ1) is 14.9. The van der Waals surface area contributed by atoms with Gasteiger partial charge in [-0.05, 0) is 49.8 Å². The molecular weight excluding hydrogens is 254 g/mol. The van der Waals surface area contributed by atoms with E-state index in [1.807, 2.05) is 26.0 Å². The highest BCUT2D eigenvalue weighted by atomic mass is 16.5. The van der Waals surface area contributed by atoms with E-state index < -0.39 is 11.9 Å². The molecule has 0 saturated heterocycles. The summed E-state index contributed by atoms with van der Waals surface area (Å²) in [6, 6.07) is 3.84. The number of aryl methyl sites for hydroxylation is 2. The zero-order valence-electron chi connectivity index (χ0n) is 12.2. The van der Waals surface area contributed by atoms with Crippen LogP contribution in [0.1, 0.15) is 41.9 Å². The van der Waals surface area contributed by atoms with E-state index in [2.05, 4.69) is 0 Å². The molecule has 0 spiro atoms. The molecule has 1 saturated carbocycles. The Labute approximate surface area is 119 Å². The molecule has 4 nitrogen and oxygen atoms in total. The minimum Gasteiger partial charge on any atom is -0.493 e. The highest BCUT2D eigenvalue weighted by Crippen LogP contribution is 2.32. The van der Waals surface area contributed by atoms with Crippen LogP contribution < -0.4 is 10.5 Å². The van der Waals surface area contributed by atoms with Crippen LogP contribution in [0.4, 0.5) is 0 Å². The summed E-state index contributed by atoms with van der Waals surface area (Å²) in [4.78, 5) is 11.3. The largest absolute Gasteiger partial charge is 0.493 e. The molecule has 2 rings (SSSR count). The fourth-order valence-electron chi connectivity index (χ4n) is 2.44. The SMILES string of the molecule is Cc1cc(OCC2CCC2)c(C(CN)C(=O)O)cc1C. The lowest BCUT2D eigenvalue weighted by Gasteiger charge is -2.26. The van der Waals surface area contributed by atoms with Crippen LogP contribution in [-0.4, -0.2) is 24.2 Å². The first-order valence-electron chi connectivity index (χ1n) is 7.19. The van der Waals surface area contributed by atoms with Crippen LogP contribution in [-0.2, 0) is 4.79 Å². The first-order valence-corrected chi connectivity index (χ1v) is 7.19. The fourth-order valence-corrected chi connectivity index (χ4v) is 2.44. The molecule has 0 heterocycles. The van der Waals surface area contributed by atoms with E-state index in [4.69, 9.17) is 10.5 Å². The van der Waals surface area contributed by atoms with Gasteiger partial charge >= 0.3 is 5.97 Å². The topological polar surface area (TPSA) is 72.5 Å². The van der Waals surface area contributed by atoms with Gasteiger partial charge in [0.05, 0.1) is 12.5 Å². The van der Waals surface area contributed by atoms with Crippen molar-refractivity contribution >= 4 is 5.97 Å². The predicted molar refractivity (Wildman–Crippen MR) is 78.2 cm³/mol. The predicted octanol–water partition coefficient (Wildman–Crippen LogP) is 2.61. The van der Waals surface area contributed by atoms with Crippen molar-refractivity contribution in [1.82, 2.24) is 0 Å². The lowest BCUT2D eigenvalue weighted by Crippen LogP contribution is -2.24. The normalized spacial score (nSPS) is 16.6. The minimum absolute atomic E-state index is 0.0810. The fraction of sp³-hybridized carbons (Fsp3) is 0.562. The molecule has 1 aliphatic rings. The first-order chi connectivity index (χ1) is 9.52. The number of nitrogens with two attached hydrogens (primary N) is 1. The van der Waals surface area contributed by atoms with Gasteiger partial charge in [0.25, 0.3) is 0 Å². The molecule has 1 aliphatic carbocycles. The van der Waals surface area contributed by atoms with Crippen LogP contribution in [0.3, 0.4) is 0 Å². The molecule has 0 bridgehead atoms. The van der Waals surface area contributed by atoms with Gasteiger partial charge in [-0.1, -0.05) is 12.5 Å². The number of carboxylic acid groups (broad SMARTS) is 1. The van der Waals surface area contributed by atoms with E-state index >= 15 is 0 Å². The minimum atomic E-state index is -0.899. The quantitative estimate of drug-likeness (QED) is 0.838. The van der Waals surface area contributed by atoms with Crippen LogP contribution >= 0.6 is 0 Å². The summed E-state index contributed by atoms with van der Waals surface area (Å²) in [7, 11) is 0. The molecule has 4 heteroatoms. The number of carboxylic acids is 1. The van der Waals surface area contributed by atoms with E-state index in [9.17, 15) is 9.90 Å². The second-order valence-electron chi connectivity index (χ2n) is 5.71. The van der Waals surface area contributed by atoms with Crippen LogP contribution in [0.2, 0.25) is 0 Å². The smallest absolute Gasteiger partial charge is 0.312 e. The van der Waals surface area contributed by atoms with E-state index in [1.54, 1.807) is 0 Å². The van der Waals surface area contributed by atoms with Crippen molar-refractivity contribution < 1.29 is 14.6 Å². The number of ether oxygens (including phenoxy) is 1. The van der Waals surface area contributed by atoms with Gasteiger partial charge < -0.3 is 15.6 Å². The number of benzene rings is 1. The summed E-state index contributed by atoms with van der Waals surface area (Å²) in [6.07, 6.45) is 3.69. The highest BCUT2D eigenvalue weighted by molar-refractivity contribution is 5.77. The van der Waals surface area contributed by atoms with Crippen molar-refractivity contribution in [3.63, 3.8) is 0 Å². The third-order valence-corrected chi connectivity index (χ3v) is 4.23. The third kappa shape index (κ3) is 3.12. The van der Waals surface area contributed by atoms with Crippen LogP contribution in [0.25, 0.3) is 0 Å². The maximum Gasteiger partial charge on any atom is 0.312 e. The van der Waals surface area contributed by atoms with Crippen LogP contribution in [0.5, 0.6) is 5.75 Å². The maximum absolute atomic E-state index is 11.3. The standard InChI is InChI=1S/C16H23NO3/c1-10-6-13(14(8-17)16(18)19)15(7-11(10)2)20-9-12-4-3-5-12/h6-7,12,14H,3-5,8-9,17H2,1-2H3,(H,18,19). The number of aliphatic carboxylic acids is 1. The molecule has 1 aromatic carbocycles. The van der Waals surface area contributed by atoms with E-state index in [-0.39, 0.29) is 6.54 Å². The molecule has 20 heavy (non-hydrogen) atoms. The molecule has 1 aromatic rings. The van der Waals surface area contributed by atoms with Gasteiger partial charge in [0.15, 0.2) is 0 Å². The number of carbonyl (C=O) groups is 1. The summed E-state index contributed by atoms with van der Waals surface area (Å²) in [5, 5.41) is 9.31. The second kappa shape index (κ2) is 6.27. The molecule has 0 aliphatic heterocycles. The van der Waals surface area contributed by atoms with E-state index in [0.717, 1.165) is 11.1 Å². The monoisotopic (exact) mass is 277 g/mol.